The summed E-state index contributed by atoms with van der Waals surface area (Å²) in [6.07, 6.45) is -4.57. The number of Topliss-reactive ketones (excluding diaryl/α,β-unsaturated/α-hetero) is 1. The number of hydrogen-bond acceptors (Lipinski definition) is 2. The minimum absolute atomic E-state index is 0.0586. The Kier molecular flexibility index (Phi) is 3.21. The van der Waals surface area contributed by atoms with Crippen LogP contribution in [0.2, 0.25) is 5.15 Å². The fourth-order valence-electron chi connectivity index (χ4n) is 2.78. The van der Waals surface area contributed by atoms with Gasteiger partial charge < -0.3 is 0 Å². The molecular formula is C14H15ClF3NO. The number of nitrogens with zero attached hydrogens (tertiary/aromatic N) is 1. The number of ketones is 1. The van der Waals surface area contributed by atoms with Crippen molar-refractivity contribution in [2.45, 2.75) is 33.9 Å². The topological polar surface area (TPSA) is 30.0 Å². The highest BCUT2D eigenvalue weighted by Gasteiger charge is 2.68. The summed E-state index contributed by atoms with van der Waals surface area (Å²) in [6.45, 7) is 7.84. The van der Waals surface area contributed by atoms with Gasteiger partial charge in [0.2, 0.25) is 0 Å². The zero-order valence-electron chi connectivity index (χ0n) is 11.6. The molecule has 1 aliphatic rings. The van der Waals surface area contributed by atoms with Gasteiger partial charge in [-0.25, -0.2) is 4.98 Å². The Balaban J connectivity index is 2.35. The Morgan fingerprint density at radius 1 is 1.20 bits per heavy atom. The van der Waals surface area contributed by atoms with Gasteiger partial charge in [-0.2, -0.15) is 13.2 Å². The van der Waals surface area contributed by atoms with Crippen molar-refractivity contribution in [3.63, 3.8) is 0 Å². The van der Waals surface area contributed by atoms with E-state index in [-0.39, 0.29) is 33.2 Å². The van der Waals surface area contributed by atoms with Gasteiger partial charge in [-0.3, -0.25) is 4.79 Å². The number of carbonyl (C=O) groups is 1. The maximum atomic E-state index is 12.5. The molecule has 0 radical (unpaired) electrons. The second kappa shape index (κ2) is 4.20. The van der Waals surface area contributed by atoms with Crippen LogP contribution in [0.25, 0.3) is 0 Å². The number of alkyl halides is 3. The lowest BCUT2D eigenvalue weighted by atomic mass is 10.0. The third kappa shape index (κ3) is 2.12. The second-order valence-electron chi connectivity index (χ2n) is 6.27. The van der Waals surface area contributed by atoms with Crippen molar-refractivity contribution >= 4 is 17.4 Å². The van der Waals surface area contributed by atoms with E-state index in [1.54, 1.807) is 0 Å². The van der Waals surface area contributed by atoms with Crippen LogP contribution in [-0.2, 0) is 6.18 Å². The highest BCUT2D eigenvalue weighted by molar-refractivity contribution is 6.33. The molecule has 0 N–H and O–H groups in total. The summed E-state index contributed by atoms with van der Waals surface area (Å²) in [5, 5.41) is -0.386. The molecule has 1 saturated carbocycles. The second-order valence-corrected chi connectivity index (χ2v) is 6.63. The normalized spacial score (nSPS) is 20.8. The number of aromatic nitrogens is 1. The largest absolute Gasteiger partial charge is 0.433 e. The van der Waals surface area contributed by atoms with E-state index in [9.17, 15) is 18.0 Å². The van der Waals surface area contributed by atoms with Crippen molar-refractivity contribution in [2.24, 2.45) is 16.7 Å². The quantitative estimate of drug-likeness (QED) is 0.589. The maximum Gasteiger partial charge on any atom is 0.433 e. The van der Waals surface area contributed by atoms with E-state index in [1.165, 1.54) is 0 Å². The number of rotatable bonds is 2. The van der Waals surface area contributed by atoms with Crippen LogP contribution in [0.5, 0.6) is 0 Å². The molecule has 1 aromatic heterocycles. The zero-order valence-corrected chi connectivity index (χ0v) is 12.4. The number of carbonyl (C=O) groups excluding carboxylic acids is 1. The Labute approximate surface area is 120 Å². The summed E-state index contributed by atoms with van der Waals surface area (Å²) < 4.78 is 37.5. The molecule has 6 heteroatoms. The van der Waals surface area contributed by atoms with Crippen LogP contribution in [0.15, 0.2) is 12.1 Å². The van der Waals surface area contributed by atoms with Gasteiger partial charge in [-0.15, -0.1) is 0 Å². The lowest BCUT2D eigenvalue weighted by Crippen LogP contribution is -2.13. The Hall–Kier alpha value is -1.10. The summed E-state index contributed by atoms with van der Waals surface area (Å²) in [5.74, 6) is -0.503. The highest BCUT2D eigenvalue weighted by atomic mass is 35.5. The molecule has 1 heterocycles. The van der Waals surface area contributed by atoms with E-state index in [4.69, 9.17) is 11.6 Å². The fraction of sp³-hybridized carbons (Fsp3) is 0.571. The van der Waals surface area contributed by atoms with Gasteiger partial charge in [-0.1, -0.05) is 39.3 Å². The molecular weight excluding hydrogens is 291 g/mol. The van der Waals surface area contributed by atoms with Crippen LogP contribution in [0, 0.1) is 16.7 Å². The van der Waals surface area contributed by atoms with Crippen LogP contribution < -0.4 is 0 Å². The van der Waals surface area contributed by atoms with Crippen molar-refractivity contribution in [3.05, 3.63) is 28.5 Å². The summed E-state index contributed by atoms with van der Waals surface area (Å²) >= 11 is 5.76. The molecule has 0 aromatic carbocycles. The number of halogens is 4. The van der Waals surface area contributed by atoms with Gasteiger partial charge in [0.1, 0.15) is 10.8 Å². The summed E-state index contributed by atoms with van der Waals surface area (Å²) in [5.41, 5.74) is -1.43. The number of pyridine rings is 1. The van der Waals surface area contributed by atoms with Crippen molar-refractivity contribution in [3.8, 4) is 0 Å². The minimum Gasteiger partial charge on any atom is -0.294 e. The molecule has 1 fully saturated rings. The molecule has 0 atom stereocenters. The average Bonchev–Trinajstić information content (AvgIpc) is 2.67. The van der Waals surface area contributed by atoms with Gasteiger partial charge in [0.25, 0.3) is 0 Å². The van der Waals surface area contributed by atoms with E-state index in [0.29, 0.717) is 0 Å². The van der Waals surface area contributed by atoms with E-state index in [1.807, 2.05) is 27.7 Å². The van der Waals surface area contributed by atoms with Crippen molar-refractivity contribution < 1.29 is 18.0 Å². The fourth-order valence-corrected chi connectivity index (χ4v) is 3.03. The molecule has 2 rings (SSSR count). The molecule has 0 bridgehead atoms. The number of hydrogen-bond donors (Lipinski definition) is 0. The lowest BCUT2D eigenvalue weighted by molar-refractivity contribution is -0.141. The first-order chi connectivity index (χ1) is 8.90. The third-order valence-corrected chi connectivity index (χ3v) is 4.98. The predicted molar refractivity (Wildman–Crippen MR) is 69.6 cm³/mol. The molecule has 2 nitrogen and oxygen atoms in total. The SMILES string of the molecule is CC1(C)C(C(=O)c2ccc(C(F)(F)F)nc2Cl)C1(C)C. The van der Waals surface area contributed by atoms with Gasteiger partial charge >= 0.3 is 6.18 Å². The molecule has 1 aliphatic carbocycles. The van der Waals surface area contributed by atoms with Crippen molar-refractivity contribution in [2.75, 3.05) is 0 Å². The van der Waals surface area contributed by atoms with Gasteiger partial charge in [0.15, 0.2) is 5.78 Å². The van der Waals surface area contributed by atoms with Gasteiger partial charge in [0.05, 0.1) is 5.56 Å². The molecule has 0 unspecified atom stereocenters. The van der Waals surface area contributed by atoms with E-state index in [0.717, 1.165) is 12.1 Å². The molecule has 0 aliphatic heterocycles. The Morgan fingerprint density at radius 3 is 2.05 bits per heavy atom. The molecule has 110 valence electrons. The zero-order chi connectivity index (χ0) is 15.5. The molecule has 0 saturated heterocycles. The average molecular weight is 306 g/mol. The molecule has 1 aromatic rings. The van der Waals surface area contributed by atoms with E-state index >= 15 is 0 Å². The molecule has 0 spiro atoms. The third-order valence-electron chi connectivity index (χ3n) is 4.69. The molecule has 20 heavy (non-hydrogen) atoms. The molecule has 0 amide bonds. The van der Waals surface area contributed by atoms with E-state index < -0.39 is 11.9 Å². The Bertz CT molecular complexity index is 564. The van der Waals surface area contributed by atoms with Crippen molar-refractivity contribution in [1.82, 2.24) is 4.98 Å². The Morgan fingerprint density at radius 2 is 1.70 bits per heavy atom. The van der Waals surface area contributed by atoms with Crippen LogP contribution in [0.1, 0.15) is 43.7 Å². The lowest BCUT2D eigenvalue weighted by Gasteiger charge is -2.09. The first kappa shape index (κ1) is 15.3. The van der Waals surface area contributed by atoms with Crippen LogP contribution in [-0.4, -0.2) is 10.8 Å². The predicted octanol–water partition coefficient (Wildman–Crippen LogP) is 4.62. The monoisotopic (exact) mass is 305 g/mol. The van der Waals surface area contributed by atoms with E-state index in [2.05, 4.69) is 4.98 Å². The first-order valence-electron chi connectivity index (χ1n) is 6.18. The standard InChI is InChI=1S/C14H15ClF3NO/c1-12(2)10(13(12,3)4)9(20)7-5-6-8(14(16,17)18)19-11(7)15/h5-6,10H,1-4H3. The summed E-state index contributed by atoms with van der Waals surface area (Å²) in [7, 11) is 0. The van der Waals surface area contributed by atoms with Gasteiger partial charge in [-0.05, 0) is 23.0 Å². The van der Waals surface area contributed by atoms with Crippen LogP contribution in [0.3, 0.4) is 0 Å². The van der Waals surface area contributed by atoms with Crippen LogP contribution >= 0.6 is 11.6 Å². The summed E-state index contributed by atoms with van der Waals surface area (Å²) in [6, 6.07) is 1.91. The summed E-state index contributed by atoms with van der Waals surface area (Å²) in [4.78, 5) is 15.7. The smallest absolute Gasteiger partial charge is 0.294 e. The van der Waals surface area contributed by atoms with Gasteiger partial charge in [0, 0.05) is 5.92 Å². The maximum absolute atomic E-state index is 12.5. The first-order valence-corrected chi connectivity index (χ1v) is 6.56. The highest BCUT2D eigenvalue weighted by Crippen LogP contribution is 2.69. The van der Waals surface area contributed by atoms with Crippen molar-refractivity contribution in [1.29, 1.82) is 0 Å². The van der Waals surface area contributed by atoms with Crippen LogP contribution in [0.4, 0.5) is 13.2 Å². The minimum atomic E-state index is -4.57.